The molecular formula is C30H40N6O10. The van der Waals surface area contributed by atoms with Crippen LogP contribution in [0.2, 0.25) is 0 Å². The number of nitrogens with one attached hydrogen (secondary N) is 1. The fraction of sp³-hybridized carbons (Fsp3) is 0.633. The topological polar surface area (TPSA) is 227 Å². The smallest absolute Gasteiger partial charge is 0.415 e. The molecule has 5 atom stereocenters. The summed E-state index contributed by atoms with van der Waals surface area (Å²) in [6, 6.07) is 3.79. The lowest BCUT2D eigenvalue weighted by molar-refractivity contribution is -0.163. The Morgan fingerprint density at radius 3 is 2.57 bits per heavy atom. The van der Waals surface area contributed by atoms with E-state index in [1.165, 1.54) is 16.6 Å². The van der Waals surface area contributed by atoms with E-state index in [0.29, 0.717) is 0 Å². The summed E-state index contributed by atoms with van der Waals surface area (Å²) in [6.45, 7) is 5.35. The molecular weight excluding hydrogens is 604 g/mol. The number of nitrogens with zero attached hydrogens (tertiary/aromatic N) is 4. The summed E-state index contributed by atoms with van der Waals surface area (Å²) in [7, 11) is 0. The van der Waals surface area contributed by atoms with Gasteiger partial charge in [-0.05, 0) is 36.3 Å². The van der Waals surface area contributed by atoms with E-state index in [-0.39, 0.29) is 29.4 Å². The summed E-state index contributed by atoms with van der Waals surface area (Å²) in [5.41, 5.74) is 3.45. The molecule has 2 aromatic rings. The summed E-state index contributed by atoms with van der Waals surface area (Å²) in [5.74, 6) is -1.78. The Labute approximate surface area is 265 Å². The minimum Gasteiger partial charge on any atom is -0.463 e. The van der Waals surface area contributed by atoms with Crippen LogP contribution in [0.5, 0.6) is 0 Å². The number of fused-ring (bicyclic) bond motifs is 1. The molecule has 46 heavy (non-hydrogen) atoms. The van der Waals surface area contributed by atoms with Gasteiger partial charge in [0.1, 0.15) is 42.8 Å². The molecule has 0 bridgehead atoms. The van der Waals surface area contributed by atoms with Crippen LogP contribution in [0.15, 0.2) is 18.5 Å². The first kappa shape index (κ1) is 34.5. The largest absolute Gasteiger partial charge is 0.463 e. The number of aromatic nitrogens is 3. The molecule has 4 rings (SSSR count). The molecule has 3 heterocycles. The highest BCUT2D eigenvalue weighted by molar-refractivity contribution is 5.88. The van der Waals surface area contributed by atoms with Crippen LogP contribution in [-0.4, -0.2) is 81.5 Å². The van der Waals surface area contributed by atoms with Gasteiger partial charge in [0.2, 0.25) is 12.4 Å². The second-order valence-corrected chi connectivity index (χ2v) is 12.5. The van der Waals surface area contributed by atoms with Crippen molar-refractivity contribution in [1.29, 1.82) is 5.26 Å². The lowest BCUT2D eigenvalue weighted by atomic mass is 9.87. The van der Waals surface area contributed by atoms with Crippen molar-refractivity contribution in [3.8, 4) is 6.07 Å². The van der Waals surface area contributed by atoms with Gasteiger partial charge in [0.15, 0.2) is 11.9 Å². The Hall–Kier alpha value is -4.33. The van der Waals surface area contributed by atoms with E-state index in [9.17, 15) is 29.5 Å². The summed E-state index contributed by atoms with van der Waals surface area (Å²) < 4.78 is 27.9. The van der Waals surface area contributed by atoms with E-state index in [0.717, 1.165) is 45.4 Å². The maximum Gasteiger partial charge on any atom is 0.415 e. The third-order valence-electron chi connectivity index (χ3n) is 8.13. The number of carbonyl (C=O) groups excluding carboxylic acids is 4. The van der Waals surface area contributed by atoms with Crippen molar-refractivity contribution in [3.05, 3.63) is 24.2 Å². The number of ether oxygens (including phenoxy) is 5. The Kier molecular flexibility index (Phi) is 10.8. The van der Waals surface area contributed by atoms with Crippen LogP contribution in [0.1, 0.15) is 71.9 Å². The third-order valence-corrected chi connectivity index (χ3v) is 8.13. The van der Waals surface area contributed by atoms with Crippen LogP contribution >= 0.6 is 0 Å². The second kappa shape index (κ2) is 14.4. The monoisotopic (exact) mass is 644 g/mol. The molecule has 16 heteroatoms. The minimum absolute atomic E-state index is 0.00781. The maximum absolute atomic E-state index is 13.1. The van der Waals surface area contributed by atoms with Gasteiger partial charge in [-0.1, -0.05) is 40.0 Å². The Morgan fingerprint density at radius 1 is 1.20 bits per heavy atom. The summed E-state index contributed by atoms with van der Waals surface area (Å²) in [6.07, 6.45) is 0.917. The Bertz CT molecular complexity index is 1480. The van der Waals surface area contributed by atoms with Gasteiger partial charge in [-0.15, -0.1) is 0 Å². The van der Waals surface area contributed by atoms with E-state index in [4.69, 9.17) is 24.7 Å². The van der Waals surface area contributed by atoms with Crippen LogP contribution < -0.4 is 11.1 Å². The van der Waals surface area contributed by atoms with Crippen LogP contribution in [0, 0.1) is 22.7 Å². The molecule has 2 aliphatic rings. The van der Waals surface area contributed by atoms with Gasteiger partial charge >= 0.3 is 24.0 Å². The number of hydrogen-bond donors (Lipinski definition) is 3. The lowest BCUT2D eigenvalue weighted by Gasteiger charge is -2.29. The van der Waals surface area contributed by atoms with Crippen molar-refractivity contribution in [3.63, 3.8) is 0 Å². The Balaban J connectivity index is 1.60. The van der Waals surface area contributed by atoms with Crippen LogP contribution in [-0.2, 0) is 43.7 Å². The molecule has 2 fully saturated rings. The van der Waals surface area contributed by atoms with Gasteiger partial charge in [-0.2, -0.15) is 10.4 Å². The molecule has 1 saturated carbocycles. The highest BCUT2D eigenvalue weighted by Crippen LogP contribution is 2.42. The number of hydrogen-bond acceptors (Lipinski definition) is 14. The number of rotatable bonds is 10. The van der Waals surface area contributed by atoms with E-state index >= 15 is 0 Å². The lowest BCUT2D eigenvalue weighted by Crippen LogP contribution is -2.49. The number of nitrogens with two attached hydrogens (primary N) is 1. The molecule has 1 saturated heterocycles. The number of anilines is 1. The van der Waals surface area contributed by atoms with E-state index in [1.807, 2.05) is 6.07 Å². The summed E-state index contributed by atoms with van der Waals surface area (Å²) in [5, 5.41) is 28.7. The maximum atomic E-state index is 13.1. The number of aliphatic hydroxyl groups excluding tert-OH is 1. The average Bonchev–Trinajstić information content (AvgIpc) is 3.55. The predicted molar refractivity (Wildman–Crippen MR) is 157 cm³/mol. The molecule has 4 N–H and O–H groups in total. The number of nitriles is 1. The fourth-order valence-electron chi connectivity index (χ4n) is 5.47. The quantitative estimate of drug-likeness (QED) is 0.191. The zero-order valence-electron chi connectivity index (χ0n) is 26.3. The molecule has 0 radical (unpaired) electrons. The average molecular weight is 645 g/mol. The standard InChI is InChI=1S/C30H40N6O10/c1-17(37)43-16-44-28(41)35-26-19-10-11-21(36(19)34-15-33-26)30(14-31)25(39)23(45-27(40)24(32)29(2,3)4)20(46-30)13-42-22(38)12-18-8-6-5-7-9-18/h10-11,15,18,20,23-25,39H,5-9,12-13,16,32H2,1-4H3,(H,33,34,35,41)/t20-,23-,24-,25-,30+/m1/s1. The number of carbonyl (C=O) groups is 4. The SMILES string of the molecule is CC(=O)OCOC(=O)Nc1ncnn2c([C@]3(C#N)O[C@H](COC(=O)CC4CCCCC4)[C@@H](OC(=O)[C@@H](N)C(C)(C)C)[C@H]3O)ccc12. The first-order chi connectivity index (χ1) is 21.8. The van der Waals surface area contributed by atoms with Gasteiger partial charge in [-0.25, -0.2) is 14.3 Å². The first-order valence-corrected chi connectivity index (χ1v) is 15.1. The molecule has 0 aromatic carbocycles. The van der Waals surface area contributed by atoms with E-state index in [1.54, 1.807) is 20.8 Å². The van der Waals surface area contributed by atoms with Crippen molar-refractivity contribution < 1.29 is 48.0 Å². The Morgan fingerprint density at radius 2 is 1.91 bits per heavy atom. The highest BCUT2D eigenvalue weighted by Gasteiger charge is 2.60. The summed E-state index contributed by atoms with van der Waals surface area (Å²) >= 11 is 0. The van der Waals surface area contributed by atoms with Gasteiger partial charge in [-0.3, -0.25) is 19.7 Å². The van der Waals surface area contributed by atoms with Crippen molar-refractivity contribution in [2.75, 3.05) is 18.7 Å². The highest BCUT2D eigenvalue weighted by atomic mass is 16.7. The molecule has 2 aromatic heterocycles. The van der Waals surface area contributed by atoms with Crippen molar-refractivity contribution >= 4 is 35.3 Å². The van der Waals surface area contributed by atoms with E-state index in [2.05, 4.69) is 20.1 Å². The fourth-order valence-corrected chi connectivity index (χ4v) is 5.47. The zero-order chi connectivity index (χ0) is 33.6. The van der Waals surface area contributed by atoms with Crippen LogP contribution in [0.4, 0.5) is 10.6 Å². The van der Waals surface area contributed by atoms with Crippen LogP contribution in [0.25, 0.3) is 5.52 Å². The number of aliphatic hydroxyl groups is 1. The van der Waals surface area contributed by atoms with Gasteiger partial charge in [0, 0.05) is 13.3 Å². The molecule has 1 amide bonds. The van der Waals surface area contributed by atoms with Crippen molar-refractivity contribution in [1.82, 2.24) is 14.6 Å². The first-order valence-electron chi connectivity index (χ1n) is 15.1. The molecule has 16 nitrogen and oxygen atoms in total. The minimum atomic E-state index is -2.18. The number of amides is 1. The van der Waals surface area contributed by atoms with Gasteiger partial charge in [0.25, 0.3) is 0 Å². The molecule has 1 aliphatic carbocycles. The molecule has 250 valence electrons. The van der Waals surface area contributed by atoms with Gasteiger partial charge < -0.3 is 34.5 Å². The van der Waals surface area contributed by atoms with E-state index < -0.39 is 72.8 Å². The van der Waals surface area contributed by atoms with Crippen LogP contribution in [0.3, 0.4) is 0 Å². The zero-order valence-corrected chi connectivity index (χ0v) is 26.3. The van der Waals surface area contributed by atoms with Crippen molar-refractivity contribution in [2.45, 2.75) is 96.2 Å². The normalized spacial score (nSPS) is 24.1. The second-order valence-electron chi connectivity index (χ2n) is 12.5. The van der Waals surface area contributed by atoms with Crippen molar-refractivity contribution in [2.24, 2.45) is 17.1 Å². The third kappa shape index (κ3) is 7.72. The molecule has 1 aliphatic heterocycles. The van der Waals surface area contributed by atoms with Gasteiger partial charge in [0.05, 0.1) is 5.69 Å². The predicted octanol–water partition coefficient (Wildman–Crippen LogP) is 2.08. The summed E-state index contributed by atoms with van der Waals surface area (Å²) in [4.78, 5) is 53.0. The molecule has 0 unspecified atom stereocenters. The molecule has 0 spiro atoms. The number of esters is 3.